The van der Waals surface area contributed by atoms with Gasteiger partial charge in [-0.1, -0.05) is 72.9 Å². The summed E-state index contributed by atoms with van der Waals surface area (Å²) in [5.74, 6) is 0. The van der Waals surface area contributed by atoms with Gasteiger partial charge in [0.1, 0.15) is 0 Å². The van der Waals surface area contributed by atoms with Crippen LogP contribution in [0.4, 0.5) is 0 Å². The van der Waals surface area contributed by atoms with Gasteiger partial charge in [0.25, 0.3) is 0 Å². The van der Waals surface area contributed by atoms with Gasteiger partial charge in [-0.25, -0.2) is 0 Å². The molecule has 0 spiro atoms. The van der Waals surface area contributed by atoms with Crippen molar-refractivity contribution in [1.29, 1.82) is 0 Å². The molecule has 0 radical (unpaired) electrons. The smallest absolute Gasteiger partial charge is 0.0358 e. The van der Waals surface area contributed by atoms with E-state index in [0.717, 1.165) is 12.8 Å². The van der Waals surface area contributed by atoms with Crippen molar-refractivity contribution in [2.45, 2.75) is 37.5 Å². The van der Waals surface area contributed by atoms with Crippen LogP contribution in [-0.4, -0.2) is 0 Å². The number of aryl methyl sites for hydroxylation is 1. The normalized spacial score (nSPS) is 19.1. The highest BCUT2D eigenvalue weighted by Crippen LogP contribution is 2.46. The van der Waals surface area contributed by atoms with Crippen molar-refractivity contribution in [3.8, 4) is 0 Å². The second-order valence-electron chi connectivity index (χ2n) is 6.93. The summed E-state index contributed by atoms with van der Waals surface area (Å²) in [5, 5.41) is 0. The van der Waals surface area contributed by atoms with E-state index in [1.165, 1.54) is 22.3 Å². The largest absolute Gasteiger partial charge is 0.103 e. The molecule has 0 atom stereocenters. The van der Waals surface area contributed by atoms with Gasteiger partial charge in [0.2, 0.25) is 0 Å². The van der Waals surface area contributed by atoms with E-state index in [-0.39, 0.29) is 10.8 Å². The van der Waals surface area contributed by atoms with Crippen molar-refractivity contribution in [3.05, 3.63) is 108 Å². The van der Waals surface area contributed by atoms with Crippen LogP contribution in [0.5, 0.6) is 0 Å². The third-order valence-corrected chi connectivity index (χ3v) is 5.46. The summed E-state index contributed by atoms with van der Waals surface area (Å²) >= 11 is 0. The molecule has 0 saturated carbocycles. The molecule has 2 aliphatic carbocycles. The topological polar surface area (TPSA) is 0 Å². The lowest BCUT2D eigenvalue weighted by Crippen LogP contribution is -2.29. The number of hydrogen-bond acceptors (Lipinski definition) is 0. The van der Waals surface area contributed by atoms with Crippen LogP contribution in [0.3, 0.4) is 0 Å². The molecular weight excluding hydrogens is 288 g/mol. The predicted octanol–water partition coefficient (Wildman–Crippen LogP) is 6.18. The second kappa shape index (κ2) is 6.28. The molecule has 24 heavy (non-hydrogen) atoms. The third kappa shape index (κ3) is 2.47. The van der Waals surface area contributed by atoms with Crippen LogP contribution in [0.1, 0.15) is 35.1 Å². The Hall–Kier alpha value is -2.34. The molecule has 0 nitrogen and oxygen atoms in total. The zero-order chi connectivity index (χ0) is 17.2. The van der Waals surface area contributed by atoms with Crippen LogP contribution in [0, 0.1) is 13.8 Å². The highest BCUT2D eigenvalue weighted by Gasteiger charge is 2.38. The summed E-state index contributed by atoms with van der Waals surface area (Å²) < 4.78 is 0. The molecule has 1 aromatic rings. The van der Waals surface area contributed by atoms with E-state index in [9.17, 15) is 0 Å². The molecule has 3 rings (SSSR count). The maximum atomic E-state index is 4.02. The molecule has 2 aliphatic rings. The molecule has 0 N–H and O–H groups in total. The van der Waals surface area contributed by atoms with Gasteiger partial charge in [0.15, 0.2) is 0 Å². The van der Waals surface area contributed by atoms with E-state index in [0.29, 0.717) is 0 Å². The summed E-state index contributed by atoms with van der Waals surface area (Å²) in [7, 11) is 0. The lowest BCUT2D eigenvalue weighted by molar-refractivity contribution is 0.623. The predicted molar refractivity (Wildman–Crippen MR) is 105 cm³/mol. The molecule has 122 valence electrons. The van der Waals surface area contributed by atoms with Crippen molar-refractivity contribution in [1.82, 2.24) is 0 Å². The Labute approximate surface area is 146 Å². The van der Waals surface area contributed by atoms with E-state index >= 15 is 0 Å². The lowest BCUT2D eigenvalue weighted by atomic mass is 9.67. The third-order valence-electron chi connectivity index (χ3n) is 5.46. The van der Waals surface area contributed by atoms with E-state index in [1.54, 1.807) is 0 Å². The average molecular weight is 314 g/mol. The first-order valence-corrected chi connectivity index (χ1v) is 8.66. The minimum absolute atomic E-state index is 0.0893. The minimum Gasteiger partial charge on any atom is -0.103 e. The molecule has 0 saturated heterocycles. The molecule has 0 aliphatic heterocycles. The van der Waals surface area contributed by atoms with Gasteiger partial charge in [-0.3, -0.25) is 0 Å². The summed E-state index contributed by atoms with van der Waals surface area (Å²) in [4.78, 5) is 0. The van der Waals surface area contributed by atoms with Crippen LogP contribution in [-0.2, 0) is 10.8 Å². The van der Waals surface area contributed by atoms with Gasteiger partial charge >= 0.3 is 0 Å². The number of allylic oxidation sites excluding steroid dienone is 10. The van der Waals surface area contributed by atoms with Crippen molar-refractivity contribution in [3.63, 3.8) is 0 Å². The SMILES string of the molecule is C=CCC1(c2ccc(C)c(C)c2C2(CC=C)C=CC=C2)C=CC=C1. The van der Waals surface area contributed by atoms with Crippen LogP contribution >= 0.6 is 0 Å². The monoisotopic (exact) mass is 314 g/mol. The van der Waals surface area contributed by atoms with E-state index < -0.39 is 0 Å². The fourth-order valence-corrected chi connectivity index (χ4v) is 4.13. The zero-order valence-electron chi connectivity index (χ0n) is 14.8. The summed E-state index contributed by atoms with van der Waals surface area (Å²) in [5.41, 5.74) is 5.34. The Morgan fingerprint density at radius 3 is 1.83 bits per heavy atom. The van der Waals surface area contributed by atoms with Gasteiger partial charge in [0, 0.05) is 10.8 Å². The summed E-state index contributed by atoms with van der Waals surface area (Å²) in [6.45, 7) is 12.5. The van der Waals surface area contributed by atoms with Crippen LogP contribution < -0.4 is 0 Å². The molecule has 0 amide bonds. The molecule has 0 heteroatoms. The van der Waals surface area contributed by atoms with Gasteiger partial charge in [0.05, 0.1) is 0 Å². The molecule has 0 unspecified atom stereocenters. The Morgan fingerprint density at radius 2 is 1.29 bits per heavy atom. The Kier molecular flexibility index (Phi) is 4.32. The minimum atomic E-state index is -0.0916. The van der Waals surface area contributed by atoms with Gasteiger partial charge < -0.3 is 0 Å². The maximum absolute atomic E-state index is 4.02. The van der Waals surface area contributed by atoms with Crippen LogP contribution in [0.2, 0.25) is 0 Å². The molecular formula is C24H26. The molecule has 0 fully saturated rings. The van der Waals surface area contributed by atoms with Crippen LogP contribution in [0.15, 0.2) is 86.1 Å². The number of rotatable bonds is 6. The van der Waals surface area contributed by atoms with Gasteiger partial charge in [-0.05, 0) is 48.9 Å². The van der Waals surface area contributed by atoms with E-state index in [4.69, 9.17) is 0 Å². The Bertz CT molecular complexity index is 757. The van der Waals surface area contributed by atoms with Crippen molar-refractivity contribution in [2.24, 2.45) is 0 Å². The first-order valence-electron chi connectivity index (χ1n) is 8.66. The average Bonchev–Trinajstić information content (AvgIpc) is 3.21. The molecule has 0 heterocycles. The summed E-state index contributed by atoms with van der Waals surface area (Å²) in [6, 6.07) is 4.56. The number of benzene rings is 1. The summed E-state index contributed by atoms with van der Waals surface area (Å²) in [6.07, 6.45) is 23.8. The Balaban J connectivity index is 2.31. The molecule has 0 bridgehead atoms. The number of hydrogen-bond donors (Lipinski definition) is 0. The molecule has 0 aromatic heterocycles. The quantitative estimate of drug-likeness (QED) is 0.550. The van der Waals surface area contributed by atoms with Gasteiger partial charge in [-0.15, -0.1) is 13.2 Å². The standard InChI is InChI=1S/C24H26/c1-5-13-23(15-7-8-16-23)21-12-11-19(3)20(4)22(21)24(14-6-2)17-9-10-18-24/h5-12,15-18H,1-2,13-14H2,3-4H3. The van der Waals surface area contributed by atoms with E-state index in [2.05, 4.69) is 87.7 Å². The second-order valence-corrected chi connectivity index (χ2v) is 6.93. The maximum Gasteiger partial charge on any atom is 0.0358 e. The highest BCUT2D eigenvalue weighted by molar-refractivity contribution is 5.59. The highest BCUT2D eigenvalue weighted by atomic mass is 14.4. The van der Waals surface area contributed by atoms with E-state index in [1.807, 2.05) is 12.2 Å². The zero-order valence-corrected chi connectivity index (χ0v) is 14.8. The lowest BCUT2D eigenvalue weighted by Gasteiger charge is -2.36. The first-order chi connectivity index (χ1) is 11.6. The van der Waals surface area contributed by atoms with Crippen molar-refractivity contribution >= 4 is 0 Å². The van der Waals surface area contributed by atoms with Crippen molar-refractivity contribution < 1.29 is 0 Å². The Morgan fingerprint density at radius 1 is 0.792 bits per heavy atom. The van der Waals surface area contributed by atoms with Gasteiger partial charge in [-0.2, -0.15) is 0 Å². The van der Waals surface area contributed by atoms with Crippen LogP contribution in [0.25, 0.3) is 0 Å². The fraction of sp³-hybridized carbons (Fsp3) is 0.250. The first kappa shape index (κ1) is 16.5. The fourth-order valence-electron chi connectivity index (χ4n) is 4.13. The molecule has 1 aromatic carbocycles. The van der Waals surface area contributed by atoms with Crippen molar-refractivity contribution in [2.75, 3.05) is 0 Å².